The standard InChI is InChI=1S/C11H21NO3S/c1-3-12-11(10(13)14,9-4-5-9)8-16-7-6-15-2/h9,12H,3-8H2,1-2H3,(H,13,14). The highest BCUT2D eigenvalue weighted by molar-refractivity contribution is 7.99. The van der Waals surface area contributed by atoms with Crippen LogP contribution in [-0.2, 0) is 9.53 Å². The maximum absolute atomic E-state index is 11.4. The van der Waals surface area contributed by atoms with Crippen LogP contribution in [0.25, 0.3) is 0 Å². The third kappa shape index (κ3) is 3.37. The monoisotopic (exact) mass is 247 g/mol. The number of carbonyl (C=O) groups is 1. The molecule has 0 aromatic rings. The van der Waals surface area contributed by atoms with Crippen molar-refractivity contribution in [2.75, 3.05) is 31.8 Å². The molecule has 1 fully saturated rings. The molecule has 4 nitrogen and oxygen atoms in total. The van der Waals surface area contributed by atoms with Crippen LogP contribution in [0.5, 0.6) is 0 Å². The van der Waals surface area contributed by atoms with Crippen molar-refractivity contribution >= 4 is 17.7 Å². The third-order valence-corrected chi connectivity index (χ3v) is 4.02. The van der Waals surface area contributed by atoms with E-state index in [4.69, 9.17) is 4.74 Å². The Hall–Kier alpha value is -0.260. The molecule has 94 valence electrons. The Kier molecular flexibility index (Phi) is 5.58. The molecule has 5 heteroatoms. The number of ether oxygens (including phenoxy) is 1. The van der Waals surface area contributed by atoms with Gasteiger partial charge in [-0.25, -0.2) is 0 Å². The van der Waals surface area contributed by atoms with Crippen molar-refractivity contribution in [1.29, 1.82) is 0 Å². The normalized spacial score (nSPS) is 19.4. The van der Waals surface area contributed by atoms with Crippen LogP contribution in [0.4, 0.5) is 0 Å². The first-order valence-corrected chi connectivity index (χ1v) is 6.88. The van der Waals surface area contributed by atoms with E-state index in [0.717, 1.165) is 18.6 Å². The molecule has 2 N–H and O–H groups in total. The number of carboxylic acids is 1. The number of nitrogens with one attached hydrogen (secondary N) is 1. The highest BCUT2D eigenvalue weighted by Crippen LogP contribution is 2.41. The SMILES string of the molecule is CCNC(CSCCOC)(C(=O)O)C1CC1. The maximum atomic E-state index is 11.4. The van der Waals surface area contributed by atoms with Crippen molar-refractivity contribution in [2.45, 2.75) is 25.3 Å². The molecule has 1 unspecified atom stereocenters. The number of hydrogen-bond donors (Lipinski definition) is 2. The molecule has 0 amide bonds. The predicted molar refractivity (Wildman–Crippen MR) is 66.0 cm³/mol. The fourth-order valence-electron chi connectivity index (χ4n) is 1.89. The summed E-state index contributed by atoms with van der Waals surface area (Å²) in [7, 11) is 1.66. The molecule has 0 bridgehead atoms. The smallest absolute Gasteiger partial charge is 0.325 e. The molecule has 1 aliphatic carbocycles. The lowest BCUT2D eigenvalue weighted by Crippen LogP contribution is -2.56. The fourth-order valence-corrected chi connectivity index (χ4v) is 3.10. The summed E-state index contributed by atoms with van der Waals surface area (Å²) in [6.45, 7) is 3.34. The summed E-state index contributed by atoms with van der Waals surface area (Å²) in [5, 5.41) is 12.6. The zero-order valence-electron chi connectivity index (χ0n) is 9.99. The quantitative estimate of drug-likeness (QED) is 0.600. The second-order valence-electron chi connectivity index (χ2n) is 4.13. The molecular formula is C11H21NO3S. The van der Waals surface area contributed by atoms with Gasteiger partial charge in [-0.3, -0.25) is 4.79 Å². The lowest BCUT2D eigenvalue weighted by molar-refractivity contribution is -0.144. The number of aliphatic carboxylic acids is 1. The second kappa shape index (κ2) is 6.47. The molecule has 0 aromatic heterocycles. The third-order valence-electron chi connectivity index (χ3n) is 2.91. The van der Waals surface area contributed by atoms with Gasteiger partial charge in [0.2, 0.25) is 0 Å². The van der Waals surface area contributed by atoms with Crippen molar-refractivity contribution in [1.82, 2.24) is 5.32 Å². The molecule has 0 aliphatic heterocycles. The van der Waals surface area contributed by atoms with Crippen molar-refractivity contribution in [3.05, 3.63) is 0 Å². The first kappa shape index (κ1) is 13.8. The topological polar surface area (TPSA) is 58.6 Å². The first-order valence-electron chi connectivity index (χ1n) is 5.72. The van der Waals surface area contributed by atoms with E-state index >= 15 is 0 Å². The van der Waals surface area contributed by atoms with Gasteiger partial charge in [-0.15, -0.1) is 0 Å². The van der Waals surface area contributed by atoms with Crippen LogP contribution in [0.1, 0.15) is 19.8 Å². The molecule has 0 aromatic carbocycles. The van der Waals surface area contributed by atoms with Gasteiger partial charge in [0.25, 0.3) is 0 Å². The summed E-state index contributed by atoms with van der Waals surface area (Å²) < 4.78 is 4.96. The summed E-state index contributed by atoms with van der Waals surface area (Å²) >= 11 is 1.65. The number of likely N-dealkylation sites (N-methyl/N-ethyl adjacent to an activating group) is 1. The molecule has 0 spiro atoms. The number of rotatable bonds is 9. The van der Waals surface area contributed by atoms with Crippen LogP contribution >= 0.6 is 11.8 Å². The Balaban J connectivity index is 2.50. The zero-order chi connectivity index (χ0) is 12.0. The number of carboxylic acid groups (broad SMARTS) is 1. The van der Waals surface area contributed by atoms with Gasteiger partial charge in [0.1, 0.15) is 5.54 Å². The van der Waals surface area contributed by atoms with Gasteiger partial charge in [0.05, 0.1) is 6.61 Å². The molecule has 0 heterocycles. The lowest BCUT2D eigenvalue weighted by Gasteiger charge is -2.30. The molecule has 16 heavy (non-hydrogen) atoms. The van der Waals surface area contributed by atoms with Crippen LogP contribution in [0.15, 0.2) is 0 Å². The van der Waals surface area contributed by atoms with Gasteiger partial charge in [0.15, 0.2) is 0 Å². The Labute approximate surface area is 101 Å². The number of hydrogen-bond acceptors (Lipinski definition) is 4. The average Bonchev–Trinajstić information content (AvgIpc) is 3.06. The van der Waals surface area contributed by atoms with E-state index in [-0.39, 0.29) is 0 Å². The number of thioether (sulfide) groups is 1. The summed E-state index contributed by atoms with van der Waals surface area (Å²) in [6.07, 6.45) is 2.06. The second-order valence-corrected chi connectivity index (χ2v) is 5.23. The predicted octanol–water partition coefficient (Wildman–Crippen LogP) is 1.21. The van der Waals surface area contributed by atoms with E-state index in [9.17, 15) is 9.90 Å². The van der Waals surface area contributed by atoms with Crippen LogP contribution in [0, 0.1) is 5.92 Å². The Morgan fingerprint density at radius 3 is 2.75 bits per heavy atom. The van der Waals surface area contributed by atoms with Crippen LogP contribution in [-0.4, -0.2) is 48.4 Å². The minimum absolute atomic E-state index is 0.306. The average molecular weight is 247 g/mol. The minimum atomic E-state index is -0.715. The van der Waals surface area contributed by atoms with E-state index < -0.39 is 11.5 Å². The van der Waals surface area contributed by atoms with Crippen molar-refractivity contribution in [3.63, 3.8) is 0 Å². The summed E-state index contributed by atoms with van der Waals surface area (Å²) in [6, 6.07) is 0. The van der Waals surface area contributed by atoms with E-state index in [1.165, 1.54) is 0 Å². The Morgan fingerprint density at radius 1 is 1.62 bits per heavy atom. The highest BCUT2D eigenvalue weighted by Gasteiger charge is 2.50. The largest absolute Gasteiger partial charge is 0.480 e. The van der Waals surface area contributed by atoms with E-state index in [1.54, 1.807) is 18.9 Å². The van der Waals surface area contributed by atoms with Gasteiger partial charge in [-0.05, 0) is 25.3 Å². The minimum Gasteiger partial charge on any atom is -0.480 e. The lowest BCUT2D eigenvalue weighted by atomic mass is 9.96. The van der Waals surface area contributed by atoms with Crippen molar-refractivity contribution in [2.24, 2.45) is 5.92 Å². The van der Waals surface area contributed by atoms with Crippen molar-refractivity contribution < 1.29 is 14.6 Å². The molecule has 0 radical (unpaired) electrons. The fraction of sp³-hybridized carbons (Fsp3) is 0.909. The highest BCUT2D eigenvalue weighted by atomic mass is 32.2. The molecule has 1 saturated carbocycles. The Morgan fingerprint density at radius 2 is 2.31 bits per heavy atom. The Bertz CT molecular complexity index is 233. The van der Waals surface area contributed by atoms with E-state index in [1.807, 2.05) is 6.92 Å². The molecule has 0 saturated heterocycles. The van der Waals surface area contributed by atoms with Crippen molar-refractivity contribution in [3.8, 4) is 0 Å². The van der Waals surface area contributed by atoms with Gasteiger partial charge < -0.3 is 15.2 Å². The zero-order valence-corrected chi connectivity index (χ0v) is 10.8. The maximum Gasteiger partial charge on any atom is 0.325 e. The molecule has 1 atom stereocenters. The van der Waals surface area contributed by atoms with Gasteiger partial charge >= 0.3 is 5.97 Å². The summed E-state index contributed by atoms with van der Waals surface area (Å²) in [5.41, 5.74) is -0.715. The van der Waals surface area contributed by atoms with Crippen LogP contribution in [0.3, 0.4) is 0 Å². The number of methoxy groups -OCH3 is 1. The van der Waals surface area contributed by atoms with Gasteiger partial charge in [-0.1, -0.05) is 6.92 Å². The summed E-state index contributed by atoms with van der Waals surface area (Å²) in [5.74, 6) is 1.08. The van der Waals surface area contributed by atoms with Crippen LogP contribution < -0.4 is 5.32 Å². The first-order chi connectivity index (χ1) is 7.67. The molecular weight excluding hydrogens is 226 g/mol. The van der Waals surface area contributed by atoms with Crippen LogP contribution in [0.2, 0.25) is 0 Å². The van der Waals surface area contributed by atoms with Gasteiger partial charge in [0, 0.05) is 18.6 Å². The van der Waals surface area contributed by atoms with E-state index in [0.29, 0.717) is 24.8 Å². The molecule has 1 rings (SSSR count). The van der Waals surface area contributed by atoms with E-state index in [2.05, 4.69) is 5.32 Å². The molecule has 1 aliphatic rings. The summed E-state index contributed by atoms with van der Waals surface area (Å²) in [4.78, 5) is 11.4. The van der Waals surface area contributed by atoms with Gasteiger partial charge in [-0.2, -0.15) is 11.8 Å².